The normalized spacial score (nSPS) is 27.4. The van der Waals surface area contributed by atoms with E-state index in [4.69, 9.17) is 9.47 Å². The van der Waals surface area contributed by atoms with E-state index in [0.29, 0.717) is 43.2 Å². The number of carbonyl (C=O) groups is 7. The number of halogens is 3. The van der Waals surface area contributed by atoms with Crippen LogP contribution in [0, 0.1) is 21.7 Å². The Labute approximate surface area is 345 Å². The highest BCUT2D eigenvalue weighted by Crippen LogP contribution is 2.54. The molecule has 3 aromatic carbocycles. The number of ether oxygens (including phenoxy) is 2. The van der Waals surface area contributed by atoms with Crippen LogP contribution >= 0.6 is 47.8 Å². The second-order valence-electron chi connectivity index (χ2n) is 15.7. The number of benzene rings is 3. The molecule has 3 aromatic rings. The number of esters is 2. The molecule has 4 atom stereocenters. The van der Waals surface area contributed by atoms with E-state index in [1.54, 1.807) is 13.8 Å². The van der Waals surface area contributed by atoms with E-state index in [0.717, 1.165) is 36.5 Å². The van der Waals surface area contributed by atoms with Gasteiger partial charge in [-0.25, -0.2) is 0 Å². The van der Waals surface area contributed by atoms with E-state index < -0.39 is 33.6 Å². The second-order valence-corrected chi connectivity index (χ2v) is 18.5. The van der Waals surface area contributed by atoms with E-state index in [1.165, 1.54) is 19.8 Å². The van der Waals surface area contributed by atoms with E-state index >= 15 is 0 Å². The molecule has 9 nitrogen and oxygen atoms in total. The second kappa shape index (κ2) is 15.4. The average molecular weight is 942 g/mol. The summed E-state index contributed by atoms with van der Waals surface area (Å²) in [5, 5.41) is 0. The molecule has 8 rings (SSSR count). The van der Waals surface area contributed by atoms with Gasteiger partial charge in [0.15, 0.2) is 17.3 Å². The SMILES string of the molecule is COC(=O)[C@@]1(C)C[C@]2(CCC1=O)Cc1ccc(Br)cc1C2=O.COC(=O)[C@]1(C)C[C@@]2(CCC1=O)Cc1ccc(Br)cc1C2=O.O=C1CCc2ccc(Br)cc21. The van der Waals surface area contributed by atoms with Crippen LogP contribution in [0.15, 0.2) is 68.0 Å². The number of rotatable bonds is 2. The maximum atomic E-state index is 12.9. The number of methoxy groups -OCH3 is 2. The van der Waals surface area contributed by atoms with Crippen molar-refractivity contribution in [2.75, 3.05) is 14.2 Å². The predicted molar refractivity (Wildman–Crippen MR) is 214 cm³/mol. The Hall–Kier alpha value is -3.61. The van der Waals surface area contributed by atoms with Gasteiger partial charge in [-0.3, -0.25) is 33.6 Å². The molecule has 0 N–H and O–H groups in total. The van der Waals surface area contributed by atoms with Gasteiger partial charge in [0, 0.05) is 60.2 Å². The molecule has 12 heteroatoms. The molecular weight excluding hydrogens is 900 g/mol. The third-order valence-corrected chi connectivity index (χ3v) is 13.7. The molecule has 0 aliphatic heterocycles. The highest BCUT2D eigenvalue weighted by atomic mass is 79.9. The zero-order chi connectivity index (χ0) is 40.1. The third-order valence-electron chi connectivity index (χ3n) is 12.2. The van der Waals surface area contributed by atoms with Crippen molar-refractivity contribution in [3.63, 3.8) is 0 Å². The van der Waals surface area contributed by atoms with Crippen LogP contribution in [0.4, 0.5) is 0 Å². The molecule has 0 heterocycles. The Bertz CT molecular complexity index is 2040. The fourth-order valence-corrected chi connectivity index (χ4v) is 10.3. The van der Waals surface area contributed by atoms with Crippen LogP contribution in [0.2, 0.25) is 0 Å². The maximum Gasteiger partial charge on any atom is 0.319 e. The molecule has 2 fully saturated rings. The summed E-state index contributed by atoms with van der Waals surface area (Å²) in [6.45, 7) is 3.21. The lowest BCUT2D eigenvalue weighted by Crippen LogP contribution is -2.49. The first kappa shape index (κ1) is 41.0. The molecule has 5 aliphatic rings. The molecule has 0 radical (unpaired) electrons. The zero-order valence-corrected chi connectivity index (χ0v) is 35.8. The number of carbonyl (C=O) groups excluding carboxylic acids is 7. The van der Waals surface area contributed by atoms with E-state index in [9.17, 15) is 33.6 Å². The minimum Gasteiger partial charge on any atom is -0.468 e. The Morgan fingerprint density at radius 2 is 0.927 bits per heavy atom. The smallest absolute Gasteiger partial charge is 0.319 e. The van der Waals surface area contributed by atoms with Gasteiger partial charge in [0.2, 0.25) is 0 Å². The van der Waals surface area contributed by atoms with Crippen molar-refractivity contribution in [2.45, 2.75) is 78.1 Å². The van der Waals surface area contributed by atoms with Gasteiger partial charge in [-0.1, -0.05) is 66.0 Å². The highest BCUT2D eigenvalue weighted by Gasteiger charge is 2.59. The van der Waals surface area contributed by atoms with Crippen LogP contribution < -0.4 is 0 Å². The highest BCUT2D eigenvalue weighted by molar-refractivity contribution is 9.11. The Morgan fingerprint density at radius 3 is 1.33 bits per heavy atom. The number of ketones is 5. The monoisotopic (exact) mass is 938 g/mol. The summed E-state index contributed by atoms with van der Waals surface area (Å²) in [5.41, 5.74) is 1.75. The van der Waals surface area contributed by atoms with Crippen molar-refractivity contribution in [3.05, 3.63) is 101 Å². The summed E-state index contributed by atoms with van der Waals surface area (Å²) in [6, 6.07) is 17.3. The lowest BCUT2D eigenvalue weighted by atomic mass is 9.60. The molecule has 55 heavy (non-hydrogen) atoms. The molecule has 0 amide bonds. The lowest BCUT2D eigenvalue weighted by molar-refractivity contribution is -0.162. The van der Waals surface area contributed by atoms with Crippen molar-refractivity contribution in [1.82, 2.24) is 0 Å². The van der Waals surface area contributed by atoms with Crippen LogP contribution in [-0.4, -0.2) is 55.1 Å². The van der Waals surface area contributed by atoms with Crippen LogP contribution in [0.1, 0.15) is 107 Å². The maximum absolute atomic E-state index is 12.9. The van der Waals surface area contributed by atoms with E-state index in [2.05, 4.69) is 47.8 Å². The summed E-state index contributed by atoms with van der Waals surface area (Å²) in [6.07, 6.45) is 4.75. The topological polar surface area (TPSA) is 138 Å². The van der Waals surface area contributed by atoms with Gasteiger partial charge in [0.05, 0.1) is 14.2 Å². The summed E-state index contributed by atoms with van der Waals surface area (Å²) in [7, 11) is 2.56. The fourth-order valence-electron chi connectivity index (χ4n) is 9.20. The largest absolute Gasteiger partial charge is 0.468 e. The van der Waals surface area contributed by atoms with Crippen molar-refractivity contribution in [1.29, 1.82) is 0 Å². The molecule has 0 unspecified atom stereocenters. The Morgan fingerprint density at radius 1 is 0.545 bits per heavy atom. The molecule has 5 aliphatic carbocycles. The predicted octanol–water partition coefficient (Wildman–Crippen LogP) is 8.79. The Balaban J connectivity index is 0.000000148. The van der Waals surface area contributed by atoms with Gasteiger partial charge >= 0.3 is 11.9 Å². The van der Waals surface area contributed by atoms with Crippen LogP contribution in [0.3, 0.4) is 0 Å². The molecule has 288 valence electrons. The summed E-state index contributed by atoms with van der Waals surface area (Å²) in [5.74, 6) is -0.966. The lowest BCUT2D eigenvalue weighted by Gasteiger charge is -2.40. The van der Waals surface area contributed by atoms with Gasteiger partial charge in [-0.05, 0) is 112 Å². The molecular formula is C43H41Br3O9. The first-order chi connectivity index (χ1) is 25.9. The molecule has 2 saturated carbocycles. The Kier molecular flexibility index (Phi) is 11.5. The standard InChI is InChI=1S/2C17H17BrO4.C9H7BrO/c2*1-16(15(21)22-2)9-17(6-5-13(16)19)8-10-3-4-11(18)7-12(10)14(17)20;10-7-3-1-6-2-4-9(11)8(6)5-7/h2*3-4,7H,5-6,8-9H2,1-2H3;1,3,5H,2,4H2/t2*16-,17-;/m10./s1. The van der Waals surface area contributed by atoms with Gasteiger partial charge in [0.1, 0.15) is 22.4 Å². The number of hydrogen-bond acceptors (Lipinski definition) is 9. The number of Topliss-reactive ketones (excluding diaryl/α,β-unsaturated/α-hetero) is 5. The summed E-state index contributed by atoms with van der Waals surface area (Å²) < 4.78 is 12.4. The fraction of sp³-hybridized carbons (Fsp3) is 0.419. The quantitative estimate of drug-likeness (QED) is 0.182. The van der Waals surface area contributed by atoms with Crippen molar-refractivity contribution < 1.29 is 43.0 Å². The van der Waals surface area contributed by atoms with Gasteiger partial charge in [-0.15, -0.1) is 0 Å². The summed E-state index contributed by atoms with van der Waals surface area (Å²) in [4.78, 5) is 85.9. The third kappa shape index (κ3) is 7.39. The summed E-state index contributed by atoms with van der Waals surface area (Å²) >= 11 is 10.1. The van der Waals surface area contributed by atoms with Crippen LogP contribution in [-0.2, 0) is 47.9 Å². The van der Waals surface area contributed by atoms with Crippen LogP contribution in [0.25, 0.3) is 0 Å². The van der Waals surface area contributed by atoms with Gasteiger partial charge < -0.3 is 9.47 Å². The van der Waals surface area contributed by atoms with Crippen LogP contribution in [0.5, 0.6) is 0 Å². The van der Waals surface area contributed by atoms with Gasteiger partial charge in [-0.2, -0.15) is 0 Å². The van der Waals surface area contributed by atoms with Gasteiger partial charge in [0.25, 0.3) is 0 Å². The van der Waals surface area contributed by atoms with E-state index in [1.807, 2.05) is 54.6 Å². The minimum absolute atomic E-state index is 0.0476. The molecule has 0 bridgehead atoms. The average Bonchev–Trinajstić information content (AvgIpc) is 3.75. The van der Waals surface area contributed by atoms with Crippen molar-refractivity contribution in [2.24, 2.45) is 21.7 Å². The molecule has 2 spiro atoms. The zero-order valence-electron chi connectivity index (χ0n) is 31.1. The number of hydrogen-bond donors (Lipinski definition) is 0. The number of aryl methyl sites for hydroxylation is 1. The number of fused-ring (bicyclic) bond motifs is 3. The van der Waals surface area contributed by atoms with Crippen molar-refractivity contribution >= 4 is 88.6 Å². The minimum atomic E-state index is -1.22. The molecule has 0 aromatic heterocycles. The van der Waals surface area contributed by atoms with Crippen molar-refractivity contribution in [3.8, 4) is 0 Å². The first-order valence-electron chi connectivity index (χ1n) is 18.1. The van der Waals surface area contributed by atoms with E-state index in [-0.39, 0.29) is 54.6 Å². The first-order valence-corrected chi connectivity index (χ1v) is 20.5. The molecule has 0 saturated heterocycles.